The van der Waals surface area contributed by atoms with Crippen LogP contribution in [0.15, 0.2) is 29.8 Å². The first-order chi connectivity index (χ1) is 20.1. The highest BCUT2D eigenvalue weighted by Gasteiger charge is 2.34. The molecule has 0 bridgehead atoms. The Kier molecular flexibility index (Phi) is 11.3. The fourth-order valence-electron chi connectivity index (χ4n) is 4.64. The third kappa shape index (κ3) is 8.02. The normalized spacial score (nSPS) is 12.3. The summed E-state index contributed by atoms with van der Waals surface area (Å²) in [6.45, 7) is 3.93. The van der Waals surface area contributed by atoms with Crippen molar-refractivity contribution in [1.29, 1.82) is 0 Å². The van der Waals surface area contributed by atoms with Gasteiger partial charge in [-0.15, -0.1) is 0 Å². The van der Waals surface area contributed by atoms with Crippen LogP contribution in [0.4, 0.5) is 0 Å². The maximum Gasteiger partial charge on any atom is 0.342 e. The van der Waals surface area contributed by atoms with Crippen molar-refractivity contribution in [3.63, 3.8) is 0 Å². The van der Waals surface area contributed by atoms with Crippen LogP contribution in [-0.4, -0.2) is 50.3 Å². The van der Waals surface area contributed by atoms with Crippen molar-refractivity contribution in [2.45, 2.75) is 65.5 Å². The molecule has 0 atom stereocenters. The van der Waals surface area contributed by atoms with Gasteiger partial charge < -0.3 is 34.1 Å². The smallest absolute Gasteiger partial charge is 0.342 e. The number of carboxylic acids is 1. The van der Waals surface area contributed by atoms with Crippen molar-refractivity contribution >= 4 is 23.8 Å². The van der Waals surface area contributed by atoms with Crippen molar-refractivity contribution in [2.24, 2.45) is 0 Å². The van der Waals surface area contributed by atoms with Gasteiger partial charge in [-0.2, -0.15) is 0 Å². The number of amides is 1. The number of benzene rings is 2. The summed E-state index contributed by atoms with van der Waals surface area (Å²) < 4.78 is 27.1. The number of fused-ring (bicyclic) bond motifs is 1. The molecule has 1 amide bonds. The van der Waals surface area contributed by atoms with Crippen molar-refractivity contribution in [2.75, 3.05) is 21.3 Å². The molecule has 1 heterocycles. The summed E-state index contributed by atoms with van der Waals surface area (Å²) in [6.07, 6.45) is 2.68. The molecule has 42 heavy (non-hydrogen) atoms. The van der Waals surface area contributed by atoms with Crippen LogP contribution in [0.3, 0.4) is 0 Å². The van der Waals surface area contributed by atoms with Gasteiger partial charge in [0.2, 0.25) is 5.91 Å². The molecule has 11 nitrogen and oxygen atoms in total. The predicted octanol–water partition coefficient (Wildman–Crippen LogP) is 4.44. The summed E-state index contributed by atoms with van der Waals surface area (Å²) in [7, 11) is 4.57. The lowest BCUT2D eigenvalue weighted by Gasteiger charge is -2.19. The summed E-state index contributed by atoms with van der Waals surface area (Å²) in [5.41, 5.74) is 3.62. The highest BCUT2D eigenvalue weighted by molar-refractivity contribution is 5.99. The minimum absolute atomic E-state index is 0.0152. The molecule has 0 fully saturated rings. The Morgan fingerprint density at radius 2 is 1.74 bits per heavy atom. The molecule has 0 radical (unpaired) electrons. The molecule has 0 saturated heterocycles. The van der Waals surface area contributed by atoms with Crippen LogP contribution in [0, 0.1) is 6.92 Å². The molecule has 1 aliphatic rings. The number of allylic oxidation sites excluding steroid dienone is 2. The number of cyclic esters (lactones) is 1. The van der Waals surface area contributed by atoms with E-state index in [0.717, 1.165) is 11.1 Å². The first-order valence-corrected chi connectivity index (χ1v) is 13.5. The van der Waals surface area contributed by atoms with Crippen LogP contribution in [-0.2, 0) is 38.7 Å². The summed E-state index contributed by atoms with van der Waals surface area (Å²) in [5.74, 6) is -0.664. The number of nitrogens with one attached hydrogen (secondary N) is 1. The Balaban J connectivity index is 1.68. The summed E-state index contributed by atoms with van der Waals surface area (Å²) in [4.78, 5) is 48.9. The number of carbonyl (C=O) groups excluding carboxylic acids is 3. The average molecular weight is 584 g/mol. The molecule has 0 spiro atoms. The molecular formula is C31H37NO10. The summed E-state index contributed by atoms with van der Waals surface area (Å²) in [5, 5.41) is 11.8. The maximum absolute atomic E-state index is 12.9. The Hall–Kier alpha value is -4.54. The predicted molar refractivity (Wildman–Crippen MR) is 152 cm³/mol. The lowest BCUT2D eigenvalue weighted by atomic mass is 9.94. The highest BCUT2D eigenvalue weighted by Crippen LogP contribution is 2.43. The van der Waals surface area contributed by atoms with E-state index in [9.17, 15) is 19.2 Å². The van der Waals surface area contributed by atoms with E-state index in [0.29, 0.717) is 40.4 Å². The van der Waals surface area contributed by atoms with E-state index >= 15 is 0 Å². The lowest BCUT2D eigenvalue weighted by Crippen LogP contribution is -2.23. The molecule has 2 aromatic rings. The van der Waals surface area contributed by atoms with Gasteiger partial charge in [-0.1, -0.05) is 17.7 Å². The molecule has 1 aliphatic heterocycles. The molecular weight excluding hydrogens is 546 g/mol. The summed E-state index contributed by atoms with van der Waals surface area (Å²) >= 11 is 0. The largest absolute Gasteiger partial charge is 0.496 e. The van der Waals surface area contributed by atoms with Crippen LogP contribution in [0.25, 0.3) is 0 Å². The number of hydrogen-bond acceptors (Lipinski definition) is 9. The van der Waals surface area contributed by atoms with Crippen molar-refractivity contribution in [3.05, 3.63) is 57.7 Å². The SMILES string of the molecule is COc1ccc(CNC(=O)CCCC(=O)Oc2c(CC=C(C)CCC(=O)O)c(OC)c(C)c3c2C(=O)OC3)cc1OC. The van der Waals surface area contributed by atoms with Crippen molar-refractivity contribution < 1.29 is 48.0 Å². The van der Waals surface area contributed by atoms with E-state index in [4.69, 9.17) is 28.8 Å². The molecule has 226 valence electrons. The second kappa shape index (κ2) is 14.9. The van der Waals surface area contributed by atoms with Gasteiger partial charge in [-0.25, -0.2) is 4.79 Å². The van der Waals surface area contributed by atoms with Gasteiger partial charge in [0.1, 0.15) is 17.9 Å². The minimum Gasteiger partial charge on any atom is -0.496 e. The first kappa shape index (κ1) is 32.0. The van der Waals surface area contributed by atoms with Crippen molar-refractivity contribution in [1.82, 2.24) is 5.32 Å². The zero-order chi connectivity index (χ0) is 30.8. The van der Waals surface area contributed by atoms with Gasteiger partial charge in [0, 0.05) is 36.9 Å². The van der Waals surface area contributed by atoms with Gasteiger partial charge in [0.15, 0.2) is 17.2 Å². The number of rotatable bonds is 15. The number of aliphatic carboxylic acids is 1. The van der Waals surface area contributed by atoms with Crippen LogP contribution < -0.4 is 24.3 Å². The van der Waals surface area contributed by atoms with Gasteiger partial charge in [-0.05, 0) is 56.4 Å². The van der Waals surface area contributed by atoms with E-state index in [1.807, 2.05) is 19.1 Å². The van der Waals surface area contributed by atoms with E-state index < -0.39 is 17.9 Å². The molecule has 11 heteroatoms. The number of hydrogen-bond donors (Lipinski definition) is 2. The number of ether oxygens (including phenoxy) is 5. The molecule has 0 unspecified atom stereocenters. The third-order valence-corrected chi connectivity index (χ3v) is 6.95. The second-order valence-corrected chi connectivity index (χ2v) is 9.84. The fraction of sp³-hybridized carbons (Fsp3) is 0.419. The van der Waals surface area contributed by atoms with Crippen LogP contribution in [0.5, 0.6) is 23.0 Å². The maximum atomic E-state index is 12.9. The molecule has 2 aromatic carbocycles. The average Bonchev–Trinajstić information content (AvgIpc) is 3.36. The molecule has 0 saturated carbocycles. The highest BCUT2D eigenvalue weighted by atomic mass is 16.6. The standard InChI is InChI=1S/C31H37NO10/c1-18(10-14-26(34)35)9-12-21-29(40-5)19(2)22-17-41-31(37)28(22)30(21)42-27(36)8-6-7-25(33)32-16-20-11-13-23(38-3)24(15-20)39-4/h9,11,13,15H,6-8,10,12,14,16-17H2,1-5H3,(H,32,33)(H,34,35). The Morgan fingerprint density at radius 3 is 2.40 bits per heavy atom. The number of carbonyl (C=O) groups is 4. The van der Waals surface area contributed by atoms with Gasteiger partial charge in [0.05, 0.1) is 21.3 Å². The first-order valence-electron chi connectivity index (χ1n) is 13.5. The second-order valence-electron chi connectivity index (χ2n) is 9.84. The third-order valence-electron chi connectivity index (χ3n) is 6.95. The molecule has 2 N–H and O–H groups in total. The number of methoxy groups -OCH3 is 3. The molecule has 3 rings (SSSR count). The number of esters is 2. The van der Waals surface area contributed by atoms with Crippen LogP contribution in [0.2, 0.25) is 0 Å². The Bertz CT molecular complexity index is 1380. The molecule has 0 aromatic heterocycles. The number of carboxylic acid groups (broad SMARTS) is 1. The molecule has 0 aliphatic carbocycles. The monoisotopic (exact) mass is 583 g/mol. The quantitative estimate of drug-likeness (QED) is 0.175. The van der Waals surface area contributed by atoms with Gasteiger partial charge in [0.25, 0.3) is 0 Å². The summed E-state index contributed by atoms with van der Waals surface area (Å²) in [6, 6.07) is 5.35. The zero-order valence-electron chi connectivity index (χ0n) is 24.6. The van der Waals surface area contributed by atoms with Crippen LogP contribution in [0.1, 0.15) is 71.6 Å². The fourth-order valence-corrected chi connectivity index (χ4v) is 4.64. The van der Waals surface area contributed by atoms with Gasteiger partial charge >= 0.3 is 17.9 Å². The van der Waals surface area contributed by atoms with Gasteiger partial charge in [-0.3, -0.25) is 14.4 Å². The van der Waals surface area contributed by atoms with E-state index in [1.54, 1.807) is 26.2 Å². The Morgan fingerprint density at radius 1 is 1.00 bits per heavy atom. The zero-order valence-corrected chi connectivity index (χ0v) is 24.6. The minimum atomic E-state index is -0.902. The van der Waals surface area contributed by atoms with E-state index in [1.165, 1.54) is 14.2 Å². The Labute approximate surface area is 244 Å². The van der Waals surface area contributed by atoms with E-state index in [2.05, 4.69) is 5.32 Å². The van der Waals surface area contributed by atoms with Crippen molar-refractivity contribution in [3.8, 4) is 23.0 Å². The van der Waals surface area contributed by atoms with Crippen LogP contribution >= 0.6 is 0 Å². The topological polar surface area (TPSA) is 147 Å². The lowest BCUT2D eigenvalue weighted by molar-refractivity contribution is -0.137. The van der Waals surface area contributed by atoms with E-state index in [-0.39, 0.29) is 62.5 Å².